The van der Waals surface area contributed by atoms with Crippen molar-refractivity contribution in [2.45, 2.75) is 18.9 Å². The van der Waals surface area contributed by atoms with Crippen LogP contribution in [0.3, 0.4) is 0 Å². The van der Waals surface area contributed by atoms with E-state index in [1.165, 1.54) is 5.56 Å². The normalized spacial score (nSPS) is 18.4. The number of rotatable bonds is 6. The zero-order chi connectivity index (χ0) is 14.2. The van der Waals surface area contributed by atoms with E-state index in [4.69, 9.17) is 0 Å². The van der Waals surface area contributed by atoms with Crippen LogP contribution >= 0.6 is 0 Å². The van der Waals surface area contributed by atoms with Crippen LogP contribution in [-0.2, 0) is 6.42 Å². The van der Waals surface area contributed by atoms with Crippen LogP contribution in [0.2, 0.25) is 0 Å². The van der Waals surface area contributed by atoms with Crippen LogP contribution in [0, 0.1) is 11.3 Å². The second-order valence-electron chi connectivity index (χ2n) is 5.29. The number of nitriles is 1. The second-order valence-corrected chi connectivity index (χ2v) is 5.29. The zero-order valence-corrected chi connectivity index (χ0v) is 12.0. The summed E-state index contributed by atoms with van der Waals surface area (Å²) in [6, 6.07) is 12.9. The lowest BCUT2D eigenvalue weighted by atomic mass is 10.0. The smallest absolute Gasteiger partial charge is 0.0981 e. The Labute approximate surface area is 122 Å². The maximum atomic E-state index is 9.40. The van der Waals surface area contributed by atoms with E-state index in [0.29, 0.717) is 0 Å². The van der Waals surface area contributed by atoms with Crippen molar-refractivity contribution in [2.24, 2.45) is 0 Å². The molecule has 0 spiro atoms. The molecule has 1 aromatic carbocycles. The molecule has 1 atom stereocenters. The average Bonchev–Trinajstić information content (AvgIpc) is 2.51. The molecule has 1 unspecified atom stereocenters. The van der Waals surface area contributed by atoms with Crippen LogP contribution in [0.1, 0.15) is 12.0 Å². The van der Waals surface area contributed by atoms with E-state index in [0.717, 1.165) is 45.6 Å². The van der Waals surface area contributed by atoms with Crippen LogP contribution in [-0.4, -0.2) is 48.6 Å². The van der Waals surface area contributed by atoms with E-state index < -0.39 is 0 Å². The molecule has 0 aliphatic carbocycles. The molecule has 0 amide bonds. The fourth-order valence-electron chi connectivity index (χ4n) is 2.72. The van der Waals surface area contributed by atoms with Gasteiger partial charge >= 0.3 is 0 Å². The van der Waals surface area contributed by atoms with Crippen molar-refractivity contribution < 1.29 is 0 Å². The van der Waals surface area contributed by atoms with Gasteiger partial charge in [0, 0.05) is 32.7 Å². The molecule has 0 aromatic heterocycles. The lowest BCUT2D eigenvalue weighted by Gasteiger charge is -2.36. The van der Waals surface area contributed by atoms with Gasteiger partial charge in [-0.1, -0.05) is 36.4 Å². The van der Waals surface area contributed by atoms with Gasteiger partial charge in [-0.05, 0) is 18.4 Å². The molecule has 1 saturated heterocycles. The molecule has 1 heterocycles. The maximum absolute atomic E-state index is 9.40. The first kappa shape index (κ1) is 14.8. The highest BCUT2D eigenvalue weighted by Gasteiger charge is 2.22. The molecular formula is C17H23N3. The minimum atomic E-state index is 0.0427. The first-order valence-corrected chi connectivity index (χ1v) is 7.34. The van der Waals surface area contributed by atoms with E-state index in [9.17, 15) is 5.26 Å². The van der Waals surface area contributed by atoms with Gasteiger partial charge in [0.05, 0.1) is 12.1 Å². The number of hydrogen-bond donors (Lipinski definition) is 0. The SMILES string of the molecule is C=CCN1CCN(C(C#N)CCc2ccccc2)CC1. The summed E-state index contributed by atoms with van der Waals surface area (Å²) < 4.78 is 0. The molecule has 2 rings (SSSR count). The Balaban J connectivity index is 1.81. The fraction of sp³-hybridized carbons (Fsp3) is 0.471. The molecule has 1 aromatic rings. The molecule has 106 valence electrons. The highest BCUT2D eigenvalue weighted by molar-refractivity contribution is 5.15. The molecule has 1 aliphatic heterocycles. The van der Waals surface area contributed by atoms with E-state index in [1.807, 2.05) is 12.1 Å². The van der Waals surface area contributed by atoms with Crippen molar-refractivity contribution in [3.05, 3.63) is 48.6 Å². The third-order valence-electron chi connectivity index (χ3n) is 3.93. The number of hydrogen-bond acceptors (Lipinski definition) is 3. The van der Waals surface area contributed by atoms with Crippen molar-refractivity contribution >= 4 is 0 Å². The van der Waals surface area contributed by atoms with Gasteiger partial charge in [-0.15, -0.1) is 6.58 Å². The van der Waals surface area contributed by atoms with Crippen LogP contribution in [0.15, 0.2) is 43.0 Å². The summed E-state index contributed by atoms with van der Waals surface area (Å²) in [5, 5.41) is 9.40. The van der Waals surface area contributed by atoms with Crippen molar-refractivity contribution in [3.63, 3.8) is 0 Å². The molecule has 1 aliphatic rings. The van der Waals surface area contributed by atoms with Crippen LogP contribution in [0.4, 0.5) is 0 Å². The molecule has 0 N–H and O–H groups in total. The Morgan fingerprint density at radius 2 is 1.90 bits per heavy atom. The average molecular weight is 269 g/mol. The minimum Gasteiger partial charge on any atom is -0.297 e. The van der Waals surface area contributed by atoms with Gasteiger partial charge in [0.15, 0.2) is 0 Å². The van der Waals surface area contributed by atoms with E-state index in [1.54, 1.807) is 0 Å². The van der Waals surface area contributed by atoms with Crippen LogP contribution < -0.4 is 0 Å². The predicted octanol–water partition coefficient (Wildman–Crippen LogP) is 2.31. The van der Waals surface area contributed by atoms with Gasteiger partial charge in [-0.25, -0.2) is 0 Å². The molecule has 3 nitrogen and oxygen atoms in total. The first-order chi connectivity index (χ1) is 9.83. The molecule has 1 fully saturated rings. The van der Waals surface area contributed by atoms with Crippen molar-refractivity contribution in [2.75, 3.05) is 32.7 Å². The Bertz CT molecular complexity index is 441. The lowest BCUT2D eigenvalue weighted by Crippen LogP contribution is -2.50. The highest BCUT2D eigenvalue weighted by atomic mass is 15.3. The summed E-state index contributed by atoms with van der Waals surface area (Å²) in [5.74, 6) is 0. The Morgan fingerprint density at radius 1 is 1.20 bits per heavy atom. The third kappa shape index (κ3) is 4.19. The monoisotopic (exact) mass is 269 g/mol. The number of piperazine rings is 1. The first-order valence-electron chi connectivity index (χ1n) is 7.34. The molecule has 3 heteroatoms. The van der Waals surface area contributed by atoms with Gasteiger partial charge < -0.3 is 0 Å². The third-order valence-corrected chi connectivity index (χ3v) is 3.93. The summed E-state index contributed by atoms with van der Waals surface area (Å²) in [6.45, 7) is 8.78. The van der Waals surface area contributed by atoms with Gasteiger partial charge in [0.1, 0.15) is 0 Å². The van der Waals surface area contributed by atoms with Gasteiger partial charge in [0.2, 0.25) is 0 Å². The lowest BCUT2D eigenvalue weighted by molar-refractivity contribution is 0.119. The number of aryl methyl sites for hydroxylation is 1. The quantitative estimate of drug-likeness (QED) is 0.742. The van der Waals surface area contributed by atoms with Gasteiger partial charge in [-0.2, -0.15) is 5.26 Å². The van der Waals surface area contributed by atoms with Gasteiger partial charge in [-0.3, -0.25) is 9.80 Å². The highest BCUT2D eigenvalue weighted by Crippen LogP contribution is 2.12. The van der Waals surface area contributed by atoms with Crippen molar-refractivity contribution in [1.29, 1.82) is 5.26 Å². The largest absolute Gasteiger partial charge is 0.297 e. The standard InChI is InChI=1S/C17H23N3/c1-2-10-19-11-13-20(14-12-19)17(15-18)9-8-16-6-4-3-5-7-16/h2-7,17H,1,8-14H2. The van der Waals surface area contributed by atoms with E-state index in [-0.39, 0.29) is 6.04 Å². The minimum absolute atomic E-state index is 0.0427. The molecule has 20 heavy (non-hydrogen) atoms. The predicted molar refractivity (Wildman–Crippen MR) is 82.4 cm³/mol. The fourth-order valence-corrected chi connectivity index (χ4v) is 2.72. The maximum Gasteiger partial charge on any atom is 0.0981 e. The zero-order valence-electron chi connectivity index (χ0n) is 12.0. The Kier molecular flexibility index (Phi) is 5.79. The summed E-state index contributed by atoms with van der Waals surface area (Å²) in [4.78, 5) is 4.71. The van der Waals surface area contributed by atoms with E-state index in [2.05, 4.69) is 46.7 Å². The van der Waals surface area contributed by atoms with Crippen molar-refractivity contribution in [1.82, 2.24) is 9.80 Å². The topological polar surface area (TPSA) is 30.3 Å². The second kappa shape index (κ2) is 7.84. The van der Waals surface area contributed by atoms with Crippen LogP contribution in [0.5, 0.6) is 0 Å². The summed E-state index contributed by atoms with van der Waals surface area (Å²) in [7, 11) is 0. The van der Waals surface area contributed by atoms with E-state index >= 15 is 0 Å². The molecule has 0 radical (unpaired) electrons. The molecule has 0 saturated carbocycles. The summed E-state index contributed by atoms with van der Waals surface area (Å²) in [5.41, 5.74) is 1.32. The summed E-state index contributed by atoms with van der Waals surface area (Å²) in [6.07, 6.45) is 3.85. The Hall–Kier alpha value is -1.63. The Morgan fingerprint density at radius 3 is 2.50 bits per heavy atom. The number of benzene rings is 1. The summed E-state index contributed by atoms with van der Waals surface area (Å²) >= 11 is 0. The van der Waals surface area contributed by atoms with Crippen molar-refractivity contribution in [3.8, 4) is 6.07 Å². The van der Waals surface area contributed by atoms with Gasteiger partial charge in [0.25, 0.3) is 0 Å². The molecular weight excluding hydrogens is 246 g/mol. The number of nitrogens with zero attached hydrogens (tertiary/aromatic N) is 3. The van der Waals surface area contributed by atoms with Crippen LogP contribution in [0.25, 0.3) is 0 Å². The molecule has 0 bridgehead atoms.